The van der Waals surface area contributed by atoms with Crippen molar-refractivity contribution in [1.82, 2.24) is 18.8 Å². The van der Waals surface area contributed by atoms with Gasteiger partial charge in [0.1, 0.15) is 18.7 Å². The minimum atomic E-state index is -2.50. The lowest BCUT2D eigenvalue weighted by Gasteiger charge is -2.41. The Bertz CT molecular complexity index is 1380. The van der Waals surface area contributed by atoms with Crippen LogP contribution in [0.3, 0.4) is 0 Å². The molecule has 0 radical (unpaired) electrons. The number of benzene rings is 2. The Kier molecular flexibility index (Phi) is 8.09. The molecule has 0 saturated carbocycles. The highest BCUT2D eigenvalue weighted by Gasteiger charge is 2.42. The second-order valence-corrected chi connectivity index (χ2v) is 13.3. The predicted molar refractivity (Wildman–Crippen MR) is 159 cm³/mol. The first-order valence-corrected chi connectivity index (χ1v) is 15.5. The summed E-state index contributed by atoms with van der Waals surface area (Å²) >= 11 is 11.4. The van der Waals surface area contributed by atoms with Crippen molar-refractivity contribution in [3.8, 4) is 5.75 Å². The highest BCUT2D eigenvalue weighted by molar-refractivity contribution is 7.80. The van der Waals surface area contributed by atoms with E-state index in [0.29, 0.717) is 33.0 Å². The summed E-state index contributed by atoms with van der Waals surface area (Å²) in [6, 6.07) is 13.4. The first kappa shape index (κ1) is 27.3. The van der Waals surface area contributed by atoms with E-state index in [1.165, 1.54) is 6.20 Å². The topological polar surface area (TPSA) is 79.4 Å². The van der Waals surface area contributed by atoms with Crippen LogP contribution in [0, 0.1) is 0 Å². The Hall–Kier alpha value is -2.71. The van der Waals surface area contributed by atoms with E-state index >= 15 is 0 Å². The van der Waals surface area contributed by atoms with Gasteiger partial charge in [0.25, 0.3) is 0 Å². The van der Waals surface area contributed by atoms with Gasteiger partial charge in [0, 0.05) is 30.2 Å². The lowest BCUT2D eigenvalue weighted by atomic mass is 10.1. The van der Waals surface area contributed by atoms with Crippen LogP contribution in [0.2, 0.25) is 5.02 Å². The molecular weight excluding hydrogens is 527 g/mol. The van der Waals surface area contributed by atoms with Crippen LogP contribution in [-0.2, 0) is 4.57 Å². The monoisotopic (exact) mass is 559 g/mol. The van der Waals surface area contributed by atoms with Crippen molar-refractivity contribution < 1.29 is 9.30 Å². The summed E-state index contributed by atoms with van der Waals surface area (Å²) in [5.74, 6) is 1.57. The van der Waals surface area contributed by atoms with E-state index in [4.69, 9.17) is 29.2 Å². The Morgan fingerprint density at radius 2 is 1.92 bits per heavy atom. The van der Waals surface area contributed by atoms with Crippen molar-refractivity contribution in [2.75, 3.05) is 50.7 Å². The summed E-state index contributed by atoms with van der Waals surface area (Å²) in [6.07, 6.45) is 3.64. The van der Waals surface area contributed by atoms with Gasteiger partial charge in [-0.1, -0.05) is 37.6 Å². The minimum absolute atomic E-state index is 0.358. The van der Waals surface area contributed by atoms with Crippen LogP contribution >= 0.6 is 31.6 Å². The molecule has 2 aliphatic heterocycles. The van der Waals surface area contributed by atoms with Crippen LogP contribution in [0.1, 0.15) is 13.8 Å². The molecular formula is C26H33ClN6O2PS+. The van der Waals surface area contributed by atoms with Gasteiger partial charge in [-0.2, -0.15) is 8.87 Å². The SMILES string of the molecule is CC.CN1C=C2COc3cc(Nc4ncc(Cl)c(Nc5ccccc5P(C)(C)=O)n4)ccc3[N+]2(S)CC1. The Morgan fingerprint density at radius 3 is 2.68 bits per heavy atom. The molecule has 1 atom stereocenters. The van der Waals surface area contributed by atoms with Gasteiger partial charge in [0.05, 0.1) is 37.4 Å². The van der Waals surface area contributed by atoms with Gasteiger partial charge >= 0.3 is 0 Å². The van der Waals surface area contributed by atoms with Crippen LogP contribution in [0.25, 0.3) is 0 Å². The summed E-state index contributed by atoms with van der Waals surface area (Å²) in [7, 11) is -0.439. The van der Waals surface area contributed by atoms with Crippen LogP contribution in [-0.4, -0.2) is 54.9 Å². The van der Waals surface area contributed by atoms with Crippen LogP contribution in [0.4, 0.5) is 28.8 Å². The van der Waals surface area contributed by atoms with Crippen molar-refractivity contribution in [3.63, 3.8) is 0 Å². The zero-order chi connectivity index (χ0) is 26.8. The first-order valence-electron chi connectivity index (χ1n) is 12.1. The number of rotatable bonds is 5. The molecule has 11 heteroatoms. The van der Waals surface area contributed by atoms with Crippen LogP contribution in [0.5, 0.6) is 5.75 Å². The first-order chi connectivity index (χ1) is 17.6. The smallest absolute Gasteiger partial charge is 0.229 e. The molecule has 0 saturated heterocycles. The van der Waals surface area contributed by atoms with Crippen molar-refractivity contribution in [2.24, 2.45) is 0 Å². The summed E-state index contributed by atoms with van der Waals surface area (Å²) in [5, 5.41) is 7.55. The van der Waals surface area contributed by atoms with E-state index in [0.717, 1.165) is 41.2 Å². The van der Waals surface area contributed by atoms with E-state index < -0.39 is 7.14 Å². The third kappa shape index (κ3) is 5.75. The molecule has 2 aromatic carbocycles. The summed E-state index contributed by atoms with van der Waals surface area (Å²) < 4.78 is 19.2. The van der Waals surface area contributed by atoms with E-state index in [1.807, 2.05) is 56.3 Å². The largest absolute Gasteiger partial charge is 0.477 e. The maximum atomic E-state index is 12.7. The maximum absolute atomic E-state index is 12.7. The number of halogens is 1. The van der Waals surface area contributed by atoms with Gasteiger partial charge in [0.15, 0.2) is 29.6 Å². The quantitative estimate of drug-likeness (QED) is 0.194. The van der Waals surface area contributed by atoms with E-state index in [2.05, 4.69) is 38.7 Å². The molecule has 1 aromatic heterocycles. The average molecular weight is 560 g/mol. The highest BCUT2D eigenvalue weighted by Crippen LogP contribution is 2.46. The number of nitrogens with zero attached hydrogens (tertiary/aromatic N) is 4. The van der Waals surface area contributed by atoms with Gasteiger partial charge < -0.3 is 24.8 Å². The number of quaternary nitrogens is 1. The van der Waals surface area contributed by atoms with Gasteiger partial charge in [-0.3, -0.25) is 0 Å². The lowest BCUT2D eigenvalue weighted by molar-refractivity contribution is 0.258. The van der Waals surface area contributed by atoms with E-state index in [9.17, 15) is 4.57 Å². The average Bonchev–Trinajstić information content (AvgIpc) is 2.87. The second kappa shape index (κ2) is 11.0. The van der Waals surface area contributed by atoms with Crippen molar-refractivity contribution in [3.05, 3.63) is 65.6 Å². The summed E-state index contributed by atoms with van der Waals surface area (Å²) in [5.41, 5.74) is 3.60. The van der Waals surface area contributed by atoms with Gasteiger partial charge in [0.2, 0.25) is 5.95 Å². The molecule has 5 rings (SSSR count). The van der Waals surface area contributed by atoms with Crippen LogP contribution < -0.4 is 24.6 Å². The minimum Gasteiger partial charge on any atom is -0.477 e. The van der Waals surface area contributed by atoms with Gasteiger partial charge in [-0.05, 0) is 31.5 Å². The van der Waals surface area contributed by atoms with Crippen LogP contribution in [0.15, 0.2) is 60.6 Å². The number of thiol groups is 1. The Labute approximate surface area is 229 Å². The molecule has 8 nitrogen and oxygen atoms in total. The Balaban J connectivity index is 0.00000156. The third-order valence-corrected chi connectivity index (χ3v) is 8.59. The lowest BCUT2D eigenvalue weighted by Crippen LogP contribution is -2.51. The molecule has 3 aromatic rings. The predicted octanol–water partition coefficient (Wildman–Crippen LogP) is 6.22. The number of hydrogen-bond donors (Lipinski definition) is 3. The highest BCUT2D eigenvalue weighted by atomic mass is 35.5. The van der Waals surface area contributed by atoms with Crippen molar-refractivity contribution in [2.45, 2.75) is 13.8 Å². The number of likely N-dealkylation sites (N-methyl/N-ethyl adjacent to an activating group) is 1. The maximum Gasteiger partial charge on any atom is 0.229 e. The number of fused-ring (bicyclic) bond motifs is 3. The number of para-hydroxylation sites is 1. The fraction of sp³-hybridized carbons (Fsp3) is 0.308. The molecule has 0 aliphatic carbocycles. The van der Waals surface area contributed by atoms with E-state index in [1.54, 1.807) is 13.3 Å². The molecule has 196 valence electrons. The number of nitrogens with one attached hydrogen (secondary N) is 2. The molecule has 37 heavy (non-hydrogen) atoms. The number of hydrogen-bond acceptors (Lipinski definition) is 8. The van der Waals surface area contributed by atoms with Gasteiger partial charge in [-0.15, -0.1) is 0 Å². The zero-order valence-electron chi connectivity index (χ0n) is 21.7. The molecule has 0 amide bonds. The molecule has 3 heterocycles. The summed E-state index contributed by atoms with van der Waals surface area (Å²) in [6.45, 7) is 9.72. The fourth-order valence-electron chi connectivity index (χ4n) is 4.27. The second-order valence-electron chi connectivity index (χ2n) is 9.07. The Morgan fingerprint density at radius 1 is 1.16 bits per heavy atom. The normalized spacial score (nSPS) is 18.4. The number of ether oxygens (including phenoxy) is 1. The standard InChI is InChI=1S/C24H27ClN6O2PS.C2H6/c1-30-10-11-31(35)17(14-30)15-33-21-12-16(8-9-20(21)31)27-24-26-13-18(25)23(29-24)28-19-6-4-5-7-22(19)34(2,3)32;1-2/h4-9,12-14,35H,10-11,15H2,1-3H3,(H2,26,27,28,29);1-2H3/q+1;. The molecule has 0 bridgehead atoms. The van der Waals surface area contributed by atoms with Crippen molar-refractivity contribution >= 4 is 65.7 Å². The van der Waals surface area contributed by atoms with E-state index in [-0.39, 0.29) is 0 Å². The van der Waals surface area contributed by atoms with Gasteiger partial charge in [-0.25, -0.2) is 4.98 Å². The third-order valence-electron chi connectivity index (χ3n) is 6.09. The molecule has 2 N–H and O–H groups in total. The van der Waals surface area contributed by atoms with Crippen molar-refractivity contribution in [1.29, 1.82) is 0 Å². The zero-order valence-corrected chi connectivity index (χ0v) is 24.2. The molecule has 2 aliphatic rings. The fourth-order valence-corrected chi connectivity index (χ4v) is 5.92. The molecule has 0 spiro atoms. The molecule has 1 unspecified atom stereocenters. The number of anilines is 4. The summed E-state index contributed by atoms with van der Waals surface area (Å²) in [4.78, 5) is 11.0. The number of aromatic nitrogens is 2. The molecule has 0 fully saturated rings.